The van der Waals surface area contributed by atoms with Crippen molar-refractivity contribution in [3.05, 3.63) is 65.1 Å². The highest BCUT2D eigenvalue weighted by Crippen LogP contribution is 2.40. The first-order valence-electron chi connectivity index (χ1n) is 8.80. The summed E-state index contributed by atoms with van der Waals surface area (Å²) in [6, 6.07) is 8.73. The Morgan fingerprint density at radius 2 is 1.97 bits per heavy atom. The maximum Gasteiger partial charge on any atom is 0.271 e. The zero-order valence-corrected chi connectivity index (χ0v) is 18.9. The number of fused-ring (bicyclic) bond motifs is 1. The average molecular weight is 535 g/mol. The summed E-state index contributed by atoms with van der Waals surface area (Å²) in [4.78, 5) is 16.3. The van der Waals surface area contributed by atoms with Gasteiger partial charge in [-0.25, -0.2) is 4.99 Å². The third-order valence-corrected chi connectivity index (χ3v) is 7.14. The average Bonchev–Trinajstić information content (AvgIpc) is 3.29. The number of rotatable bonds is 4. The van der Waals surface area contributed by atoms with E-state index in [1.54, 1.807) is 29.7 Å². The van der Waals surface area contributed by atoms with Crippen molar-refractivity contribution < 1.29 is 9.34 Å². The molecule has 3 aromatic rings. The van der Waals surface area contributed by atoms with E-state index in [1.807, 2.05) is 0 Å². The number of nitrogens with zero attached hydrogens (tertiary/aromatic N) is 3. The lowest BCUT2D eigenvalue weighted by molar-refractivity contribution is -0.385. The molecule has 0 amide bonds. The van der Waals surface area contributed by atoms with Crippen molar-refractivity contribution in [2.75, 3.05) is 0 Å². The van der Waals surface area contributed by atoms with Gasteiger partial charge in [0.05, 0.1) is 16.7 Å². The molecule has 0 atom stereocenters. The van der Waals surface area contributed by atoms with Gasteiger partial charge in [0.15, 0.2) is 0 Å². The lowest BCUT2D eigenvalue weighted by Gasteiger charge is -2.09. The fraction of sp³-hybridized carbons (Fsp3) is 0.200. The van der Waals surface area contributed by atoms with Crippen LogP contribution in [0.5, 0.6) is 0 Å². The fourth-order valence-corrected chi connectivity index (χ4v) is 6.07. The van der Waals surface area contributed by atoms with E-state index in [-0.39, 0.29) is 5.69 Å². The van der Waals surface area contributed by atoms with Crippen molar-refractivity contribution in [2.45, 2.75) is 25.7 Å². The minimum absolute atomic E-state index is 0.0217. The van der Waals surface area contributed by atoms with Crippen LogP contribution in [-0.4, -0.2) is 11.1 Å². The molecular weight excluding hydrogens is 522 g/mol. The Balaban J connectivity index is 1.64. The van der Waals surface area contributed by atoms with E-state index in [1.165, 1.54) is 17.0 Å². The molecule has 0 unspecified atom stereocenters. The second-order valence-corrected chi connectivity index (χ2v) is 9.30. The summed E-state index contributed by atoms with van der Waals surface area (Å²) in [5.74, 6) is 1.08. The molecule has 1 aliphatic carbocycles. The Labute approximate surface area is 187 Å². The minimum atomic E-state index is -0.451. The Hall–Kier alpha value is -2.28. The number of non-ortho nitro benzene ring substituents is 1. The van der Waals surface area contributed by atoms with Crippen LogP contribution in [-0.2, 0) is 12.8 Å². The number of thiophene rings is 1. The third-order valence-electron chi connectivity index (χ3n) is 4.68. The van der Waals surface area contributed by atoms with Crippen molar-refractivity contribution >= 4 is 60.1 Å². The van der Waals surface area contributed by atoms with Crippen molar-refractivity contribution in [1.82, 2.24) is 0 Å². The van der Waals surface area contributed by atoms with Crippen LogP contribution in [0.3, 0.4) is 0 Å². The van der Waals surface area contributed by atoms with Gasteiger partial charge < -0.3 is 4.42 Å². The van der Waals surface area contributed by atoms with Crippen molar-refractivity contribution in [2.24, 2.45) is 4.99 Å². The summed E-state index contributed by atoms with van der Waals surface area (Å²) in [6.45, 7) is 0. The van der Waals surface area contributed by atoms with Crippen LogP contribution < -0.4 is 0 Å². The predicted octanol–water partition coefficient (Wildman–Crippen LogP) is 6.94. The fourth-order valence-electron chi connectivity index (χ4n) is 3.34. The maximum atomic E-state index is 11.0. The highest BCUT2D eigenvalue weighted by Gasteiger charge is 2.21. The van der Waals surface area contributed by atoms with Crippen LogP contribution in [0, 0.1) is 21.4 Å². The first-order chi connectivity index (χ1) is 14.0. The molecule has 146 valence electrons. The number of aryl methyl sites for hydroxylation is 1. The molecule has 2 heterocycles. The number of hydrogen-bond donors (Lipinski definition) is 0. The van der Waals surface area contributed by atoms with Gasteiger partial charge in [0, 0.05) is 31.5 Å². The standard InChI is InChI=1S/C20H13Br2N3O3S/c21-15-7-11(25(26)27)8-16(22)19(15)17-6-5-12(28-17)10-24-20-14(9-23)13-3-1-2-4-18(13)29-20/h5-8,10H,1-4H2. The Kier molecular flexibility index (Phi) is 5.67. The van der Waals surface area contributed by atoms with Gasteiger partial charge in [0.2, 0.25) is 0 Å². The minimum Gasteiger partial charge on any atom is -0.455 e. The lowest BCUT2D eigenvalue weighted by Crippen LogP contribution is -1.99. The molecule has 9 heteroatoms. The van der Waals surface area contributed by atoms with Gasteiger partial charge in [-0.2, -0.15) is 5.26 Å². The van der Waals surface area contributed by atoms with E-state index in [0.717, 1.165) is 36.2 Å². The molecule has 0 aliphatic heterocycles. The van der Waals surface area contributed by atoms with Crippen LogP contribution >= 0.6 is 43.2 Å². The van der Waals surface area contributed by atoms with E-state index >= 15 is 0 Å². The van der Waals surface area contributed by atoms with E-state index in [4.69, 9.17) is 4.42 Å². The Morgan fingerprint density at radius 1 is 1.24 bits per heavy atom. The summed E-state index contributed by atoms with van der Waals surface area (Å²) in [5.41, 5.74) is 2.48. The van der Waals surface area contributed by atoms with Gasteiger partial charge in [-0.15, -0.1) is 11.3 Å². The molecule has 6 nitrogen and oxygen atoms in total. The molecule has 1 aliphatic rings. The first-order valence-corrected chi connectivity index (χ1v) is 11.2. The number of aliphatic imine (C=N–C) groups is 1. The largest absolute Gasteiger partial charge is 0.455 e. The zero-order valence-electron chi connectivity index (χ0n) is 14.9. The highest BCUT2D eigenvalue weighted by atomic mass is 79.9. The lowest BCUT2D eigenvalue weighted by atomic mass is 9.96. The second kappa shape index (κ2) is 8.22. The predicted molar refractivity (Wildman–Crippen MR) is 119 cm³/mol. The Morgan fingerprint density at radius 3 is 2.66 bits per heavy atom. The van der Waals surface area contributed by atoms with Crippen LogP contribution in [0.2, 0.25) is 0 Å². The summed E-state index contributed by atoms with van der Waals surface area (Å²) >= 11 is 8.33. The molecule has 2 aromatic heterocycles. The van der Waals surface area contributed by atoms with Gasteiger partial charge >= 0.3 is 0 Å². The van der Waals surface area contributed by atoms with E-state index in [0.29, 0.717) is 31.6 Å². The van der Waals surface area contributed by atoms with E-state index in [9.17, 15) is 15.4 Å². The zero-order chi connectivity index (χ0) is 20.5. The summed E-state index contributed by atoms with van der Waals surface area (Å²) in [7, 11) is 0. The smallest absolute Gasteiger partial charge is 0.271 e. The molecule has 4 rings (SSSR count). The van der Waals surface area contributed by atoms with E-state index in [2.05, 4.69) is 42.9 Å². The maximum absolute atomic E-state index is 11.0. The number of nitro benzene ring substituents is 1. The molecule has 0 fully saturated rings. The van der Waals surface area contributed by atoms with Gasteiger partial charge in [0.25, 0.3) is 5.69 Å². The quantitative estimate of drug-likeness (QED) is 0.206. The van der Waals surface area contributed by atoms with Crippen LogP contribution in [0.1, 0.15) is 34.6 Å². The molecule has 0 bridgehead atoms. The van der Waals surface area contributed by atoms with Gasteiger partial charge in [0.1, 0.15) is 22.6 Å². The first kappa shape index (κ1) is 20.0. The summed E-state index contributed by atoms with van der Waals surface area (Å²) in [5, 5.41) is 21.3. The second-order valence-electron chi connectivity index (χ2n) is 6.50. The number of halogens is 2. The molecule has 0 N–H and O–H groups in total. The topological polar surface area (TPSA) is 92.4 Å². The molecule has 0 radical (unpaired) electrons. The van der Waals surface area contributed by atoms with Crippen molar-refractivity contribution in [3.8, 4) is 17.4 Å². The highest BCUT2D eigenvalue weighted by molar-refractivity contribution is 9.11. The molecule has 0 spiro atoms. The number of nitro groups is 1. The SMILES string of the molecule is N#Cc1c(N=Cc2ccc(-c3c(Br)cc([N+](=O)[O-])cc3Br)o2)sc2c1CCCC2. The number of hydrogen-bond acceptors (Lipinski definition) is 6. The van der Waals surface area contributed by atoms with Crippen LogP contribution in [0.25, 0.3) is 11.3 Å². The molecular formula is C20H13Br2N3O3S. The van der Waals surface area contributed by atoms with E-state index < -0.39 is 4.92 Å². The number of nitriles is 1. The molecule has 0 saturated heterocycles. The third kappa shape index (κ3) is 3.92. The summed E-state index contributed by atoms with van der Waals surface area (Å²) < 4.78 is 6.97. The van der Waals surface area contributed by atoms with Crippen LogP contribution in [0.15, 0.2) is 42.6 Å². The number of benzene rings is 1. The van der Waals surface area contributed by atoms with Crippen LogP contribution in [0.4, 0.5) is 10.7 Å². The van der Waals surface area contributed by atoms with Crippen molar-refractivity contribution in [3.63, 3.8) is 0 Å². The van der Waals surface area contributed by atoms with Gasteiger partial charge in [-0.05, 0) is 75.2 Å². The van der Waals surface area contributed by atoms with Gasteiger partial charge in [-0.1, -0.05) is 0 Å². The van der Waals surface area contributed by atoms with Gasteiger partial charge in [-0.3, -0.25) is 10.1 Å². The molecule has 1 aromatic carbocycles. The van der Waals surface area contributed by atoms with Crippen molar-refractivity contribution in [1.29, 1.82) is 5.26 Å². The Bertz CT molecular complexity index is 1170. The monoisotopic (exact) mass is 533 g/mol. The normalized spacial score (nSPS) is 13.4. The summed E-state index contributed by atoms with van der Waals surface area (Å²) in [6.07, 6.45) is 5.83. The number of furan rings is 1. The molecule has 0 saturated carbocycles. The molecule has 29 heavy (non-hydrogen) atoms.